The Bertz CT molecular complexity index is 470. The summed E-state index contributed by atoms with van der Waals surface area (Å²) in [6, 6.07) is 0. The lowest BCUT2D eigenvalue weighted by molar-refractivity contribution is -0.147. The lowest BCUT2D eigenvalue weighted by atomic mass is 9.82. The van der Waals surface area contributed by atoms with Gasteiger partial charge in [0.25, 0.3) is 0 Å². The van der Waals surface area contributed by atoms with E-state index in [1.54, 1.807) is 5.51 Å². The Hall–Kier alpha value is -1.69. The molecule has 2 unspecified atom stereocenters. The van der Waals surface area contributed by atoms with Crippen molar-refractivity contribution in [3.05, 3.63) is 28.7 Å². The largest absolute Gasteiger partial charge is 0.481 e. The minimum atomic E-state index is -0.899. The number of hydrogen-bond donors (Lipinski definition) is 2. The molecular weight excluding hydrogens is 264 g/mol. The zero-order valence-electron chi connectivity index (χ0n) is 10.4. The van der Waals surface area contributed by atoms with E-state index in [-0.39, 0.29) is 5.91 Å². The lowest BCUT2D eigenvalue weighted by Crippen LogP contribution is -2.39. The van der Waals surface area contributed by atoms with Crippen molar-refractivity contribution in [1.82, 2.24) is 10.3 Å². The number of aromatic nitrogens is 1. The van der Waals surface area contributed by atoms with Crippen molar-refractivity contribution in [2.75, 3.05) is 6.54 Å². The van der Waals surface area contributed by atoms with Crippen molar-refractivity contribution in [3.63, 3.8) is 0 Å². The number of carboxylic acids is 1. The number of nitrogens with one attached hydrogen (secondary N) is 1. The predicted octanol–water partition coefficient (Wildman–Crippen LogP) is 1.47. The van der Waals surface area contributed by atoms with Crippen LogP contribution in [0.5, 0.6) is 0 Å². The van der Waals surface area contributed by atoms with Gasteiger partial charge in [-0.05, 0) is 12.8 Å². The summed E-state index contributed by atoms with van der Waals surface area (Å²) in [6.45, 7) is 0.495. The maximum Gasteiger partial charge on any atom is 0.307 e. The van der Waals surface area contributed by atoms with E-state index in [1.807, 2.05) is 17.5 Å². The second-order valence-electron chi connectivity index (χ2n) is 4.51. The second kappa shape index (κ2) is 6.47. The zero-order chi connectivity index (χ0) is 13.7. The van der Waals surface area contributed by atoms with Crippen molar-refractivity contribution in [2.24, 2.45) is 11.8 Å². The number of nitrogens with zero attached hydrogens (tertiary/aromatic N) is 1. The summed E-state index contributed by atoms with van der Waals surface area (Å²) in [4.78, 5) is 27.3. The molecule has 1 amide bonds. The monoisotopic (exact) mass is 280 g/mol. The van der Waals surface area contributed by atoms with Gasteiger partial charge >= 0.3 is 5.97 Å². The maximum absolute atomic E-state index is 12.0. The average molecular weight is 280 g/mol. The molecule has 1 aliphatic carbocycles. The molecule has 0 radical (unpaired) electrons. The molecule has 1 aromatic rings. The highest BCUT2D eigenvalue weighted by Crippen LogP contribution is 2.25. The Morgan fingerprint density at radius 2 is 2.11 bits per heavy atom. The fourth-order valence-corrected chi connectivity index (χ4v) is 2.78. The number of hydrogen-bond acceptors (Lipinski definition) is 4. The Morgan fingerprint density at radius 3 is 2.74 bits per heavy atom. The van der Waals surface area contributed by atoms with Gasteiger partial charge in [0.1, 0.15) is 0 Å². The van der Waals surface area contributed by atoms with E-state index in [9.17, 15) is 9.59 Å². The van der Waals surface area contributed by atoms with Crippen LogP contribution in [0.2, 0.25) is 0 Å². The fourth-order valence-electron chi connectivity index (χ4n) is 2.18. The number of carbonyl (C=O) groups excluding carboxylic acids is 1. The quantitative estimate of drug-likeness (QED) is 0.800. The lowest BCUT2D eigenvalue weighted by Gasteiger charge is -2.24. The molecule has 0 saturated heterocycles. The third kappa shape index (κ3) is 3.64. The molecule has 5 nitrogen and oxygen atoms in total. The highest BCUT2D eigenvalue weighted by Gasteiger charge is 2.33. The molecule has 2 N–H and O–H groups in total. The van der Waals surface area contributed by atoms with E-state index < -0.39 is 17.8 Å². The van der Waals surface area contributed by atoms with Gasteiger partial charge in [0.2, 0.25) is 5.91 Å². The first-order valence-corrected chi connectivity index (χ1v) is 7.15. The van der Waals surface area contributed by atoms with E-state index in [4.69, 9.17) is 5.11 Å². The molecule has 1 heterocycles. The number of carboxylic acid groups (broad SMARTS) is 1. The van der Waals surface area contributed by atoms with Gasteiger partial charge in [-0.3, -0.25) is 9.59 Å². The SMILES string of the molecule is O=C(O)C1CC=CCC1C(=O)NCCc1cscn1. The van der Waals surface area contributed by atoms with Crippen LogP contribution in [0.25, 0.3) is 0 Å². The normalized spacial score (nSPS) is 22.1. The predicted molar refractivity (Wildman–Crippen MR) is 71.8 cm³/mol. The smallest absolute Gasteiger partial charge is 0.307 e. The van der Waals surface area contributed by atoms with E-state index in [0.717, 1.165) is 5.69 Å². The van der Waals surface area contributed by atoms with Crippen LogP contribution in [0.4, 0.5) is 0 Å². The third-order valence-corrected chi connectivity index (χ3v) is 3.89. The summed E-state index contributed by atoms with van der Waals surface area (Å²) in [5.74, 6) is -2.14. The van der Waals surface area contributed by atoms with Gasteiger partial charge < -0.3 is 10.4 Å². The maximum atomic E-state index is 12.0. The highest BCUT2D eigenvalue weighted by atomic mass is 32.1. The van der Waals surface area contributed by atoms with Crippen LogP contribution in [0, 0.1) is 11.8 Å². The van der Waals surface area contributed by atoms with Gasteiger partial charge in [-0.2, -0.15) is 0 Å². The molecule has 6 heteroatoms. The zero-order valence-corrected chi connectivity index (χ0v) is 11.2. The molecule has 0 aromatic carbocycles. The molecular formula is C13H16N2O3S. The van der Waals surface area contributed by atoms with E-state index in [0.29, 0.717) is 25.8 Å². The minimum absolute atomic E-state index is 0.174. The van der Waals surface area contributed by atoms with Crippen molar-refractivity contribution in [3.8, 4) is 0 Å². The van der Waals surface area contributed by atoms with Gasteiger partial charge in [0, 0.05) is 18.3 Å². The molecule has 1 aliphatic rings. The van der Waals surface area contributed by atoms with Crippen molar-refractivity contribution < 1.29 is 14.7 Å². The molecule has 0 spiro atoms. The van der Waals surface area contributed by atoms with Crippen LogP contribution in [0.1, 0.15) is 18.5 Å². The van der Waals surface area contributed by atoms with Crippen molar-refractivity contribution >= 4 is 23.2 Å². The summed E-state index contributed by atoms with van der Waals surface area (Å²) >= 11 is 1.52. The summed E-state index contributed by atoms with van der Waals surface area (Å²) < 4.78 is 0. The highest BCUT2D eigenvalue weighted by molar-refractivity contribution is 7.07. The van der Waals surface area contributed by atoms with Crippen LogP contribution in [-0.2, 0) is 16.0 Å². The van der Waals surface area contributed by atoms with Crippen molar-refractivity contribution in [2.45, 2.75) is 19.3 Å². The van der Waals surface area contributed by atoms with Crippen LogP contribution >= 0.6 is 11.3 Å². The minimum Gasteiger partial charge on any atom is -0.481 e. The number of amides is 1. The van der Waals surface area contributed by atoms with Gasteiger partial charge in [-0.1, -0.05) is 12.2 Å². The van der Waals surface area contributed by atoms with Gasteiger partial charge in [-0.15, -0.1) is 11.3 Å². The molecule has 0 saturated carbocycles. The number of rotatable bonds is 5. The molecule has 19 heavy (non-hydrogen) atoms. The number of thiazole rings is 1. The Labute approximate surface area is 115 Å². The molecule has 2 rings (SSSR count). The first-order valence-electron chi connectivity index (χ1n) is 6.21. The Balaban J connectivity index is 1.84. The van der Waals surface area contributed by atoms with Gasteiger partial charge in [-0.25, -0.2) is 4.98 Å². The van der Waals surface area contributed by atoms with Gasteiger partial charge in [0.15, 0.2) is 0 Å². The van der Waals surface area contributed by atoms with E-state index in [2.05, 4.69) is 10.3 Å². The van der Waals surface area contributed by atoms with Crippen LogP contribution in [0.3, 0.4) is 0 Å². The van der Waals surface area contributed by atoms with E-state index >= 15 is 0 Å². The first kappa shape index (κ1) is 13.7. The number of aliphatic carboxylic acids is 1. The van der Waals surface area contributed by atoms with Gasteiger partial charge in [0.05, 0.1) is 23.0 Å². The molecule has 2 atom stereocenters. The molecule has 0 fully saturated rings. The van der Waals surface area contributed by atoms with Crippen LogP contribution < -0.4 is 5.32 Å². The van der Waals surface area contributed by atoms with Crippen LogP contribution in [0.15, 0.2) is 23.0 Å². The number of carbonyl (C=O) groups is 2. The number of allylic oxidation sites excluding steroid dienone is 2. The fraction of sp³-hybridized carbons (Fsp3) is 0.462. The third-order valence-electron chi connectivity index (χ3n) is 3.25. The first-order chi connectivity index (χ1) is 9.18. The summed E-state index contributed by atoms with van der Waals surface area (Å²) in [5, 5.41) is 13.9. The van der Waals surface area contributed by atoms with Crippen molar-refractivity contribution in [1.29, 1.82) is 0 Å². The second-order valence-corrected chi connectivity index (χ2v) is 5.23. The summed E-state index contributed by atoms with van der Waals surface area (Å²) in [7, 11) is 0. The standard InChI is InChI=1S/C13H16N2O3S/c16-12(14-6-5-9-7-19-8-15-9)10-3-1-2-4-11(10)13(17)18/h1-2,7-8,10-11H,3-6H2,(H,14,16)(H,17,18). The molecule has 0 bridgehead atoms. The Morgan fingerprint density at radius 1 is 1.37 bits per heavy atom. The van der Waals surface area contributed by atoms with E-state index in [1.165, 1.54) is 11.3 Å². The summed E-state index contributed by atoms with van der Waals surface area (Å²) in [5.41, 5.74) is 2.70. The molecule has 102 valence electrons. The Kier molecular flexibility index (Phi) is 4.68. The topological polar surface area (TPSA) is 79.3 Å². The average Bonchev–Trinajstić information content (AvgIpc) is 2.91. The molecule has 1 aromatic heterocycles. The molecule has 0 aliphatic heterocycles. The van der Waals surface area contributed by atoms with Crippen LogP contribution in [-0.4, -0.2) is 28.5 Å². The summed E-state index contributed by atoms with van der Waals surface area (Å²) in [6.07, 6.45) is 5.32.